The zero-order valence-corrected chi connectivity index (χ0v) is 20.5. The third kappa shape index (κ3) is 4.45. The van der Waals surface area contributed by atoms with E-state index in [1.54, 1.807) is 12.4 Å². The first kappa shape index (κ1) is 22.6. The Balaban J connectivity index is 1.37. The number of nitrogens with one attached hydrogen (secondary N) is 3. The van der Waals surface area contributed by atoms with Crippen LogP contribution in [0.25, 0.3) is 55.7 Å². The Kier molecular flexibility index (Phi) is 5.90. The normalized spacial score (nSPS) is 11.3. The molecule has 182 valence electrons. The van der Waals surface area contributed by atoms with Crippen molar-refractivity contribution in [3.05, 3.63) is 85.9 Å². The highest BCUT2D eigenvalue weighted by molar-refractivity contribution is 5.99. The molecule has 8 heteroatoms. The third-order valence-corrected chi connectivity index (χ3v) is 6.37. The molecule has 0 aliphatic rings. The summed E-state index contributed by atoms with van der Waals surface area (Å²) < 4.78 is 0. The predicted octanol–water partition coefficient (Wildman–Crippen LogP) is 6.74. The van der Waals surface area contributed by atoms with Crippen LogP contribution in [-0.4, -0.2) is 35.1 Å². The van der Waals surface area contributed by atoms with Crippen LogP contribution in [0.2, 0.25) is 0 Å². The average Bonchev–Trinajstić information content (AvgIpc) is 3.56. The highest BCUT2D eigenvalue weighted by Gasteiger charge is 2.16. The van der Waals surface area contributed by atoms with Crippen molar-refractivity contribution in [2.75, 3.05) is 5.32 Å². The van der Waals surface area contributed by atoms with Crippen molar-refractivity contribution in [3.8, 4) is 33.8 Å². The molecule has 0 saturated heterocycles. The molecule has 8 nitrogen and oxygen atoms in total. The Bertz CT molecular complexity index is 1710. The van der Waals surface area contributed by atoms with Crippen LogP contribution in [0, 0.1) is 0 Å². The fourth-order valence-corrected chi connectivity index (χ4v) is 4.48. The summed E-state index contributed by atoms with van der Waals surface area (Å²) in [5.74, 6) is 0. The Morgan fingerprint density at radius 1 is 0.946 bits per heavy atom. The van der Waals surface area contributed by atoms with Crippen LogP contribution in [0.4, 0.5) is 5.69 Å². The molecule has 37 heavy (non-hydrogen) atoms. The lowest BCUT2D eigenvalue weighted by atomic mass is 10.1. The molecule has 0 aliphatic carbocycles. The number of rotatable bonds is 8. The maximum Gasteiger partial charge on any atom is 0.135 e. The van der Waals surface area contributed by atoms with E-state index in [0.29, 0.717) is 0 Å². The van der Waals surface area contributed by atoms with Crippen LogP contribution in [0.3, 0.4) is 0 Å². The Morgan fingerprint density at radius 2 is 1.84 bits per heavy atom. The first-order valence-electron chi connectivity index (χ1n) is 12.3. The lowest BCUT2D eigenvalue weighted by molar-refractivity contribution is 0.791. The maximum atomic E-state index is 4.97. The SMILES string of the molecule is C=C(CCCC)Nc1cncc(-c2ccc3[nH]nc(-c4cc5c(-c6cccnc6)cncc5[nH]4)c3n2)c1. The maximum absolute atomic E-state index is 4.97. The van der Waals surface area contributed by atoms with Crippen molar-refractivity contribution in [2.24, 2.45) is 0 Å². The molecule has 0 aliphatic heterocycles. The second-order valence-electron chi connectivity index (χ2n) is 9.03. The van der Waals surface area contributed by atoms with E-state index in [1.165, 1.54) is 0 Å². The van der Waals surface area contributed by atoms with Gasteiger partial charge in [0.2, 0.25) is 0 Å². The summed E-state index contributed by atoms with van der Waals surface area (Å²) in [6, 6.07) is 12.1. The number of H-pyrrole nitrogens is 2. The van der Waals surface area contributed by atoms with Crippen LogP contribution in [0.15, 0.2) is 85.9 Å². The molecule has 0 unspecified atom stereocenters. The van der Waals surface area contributed by atoms with E-state index in [1.807, 2.05) is 55.1 Å². The lowest BCUT2D eigenvalue weighted by Gasteiger charge is -2.10. The fraction of sp³-hybridized carbons (Fsp3) is 0.138. The number of anilines is 1. The van der Waals surface area contributed by atoms with E-state index >= 15 is 0 Å². The van der Waals surface area contributed by atoms with Crippen molar-refractivity contribution in [3.63, 3.8) is 0 Å². The molecule has 6 rings (SSSR count). The average molecular weight is 487 g/mol. The molecule has 3 N–H and O–H groups in total. The molecule has 6 heterocycles. The third-order valence-electron chi connectivity index (χ3n) is 6.37. The number of hydrogen-bond acceptors (Lipinski definition) is 6. The second kappa shape index (κ2) is 9.66. The number of pyridine rings is 4. The number of unbranched alkanes of at least 4 members (excludes halogenated alkanes) is 1. The molecule has 0 aromatic carbocycles. The molecule has 0 amide bonds. The van der Waals surface area contributed by atoms with E-state index in [2.05, 4.69) is 55.0 Å². The van der Waals surface area contributed by atoms with Gasteiger partial charge in [0.05, 0.1) is 40.5 Å². The summed E-state index contributed by atoms with van der Waals surface area (Å²) in [6.07, 6.45) is 14.1. The quantitative estimate of drug-likeness (QED) is 0.220. The number of fused-ring (bicyclic) bond motifs is 2. The van der Waals surface area contributed by atoms with Crippen molar-refractivity contribution in [2.45, 2.75) is 26.2 Å². The van der Waals surface area contributed by atoms with E-state index in [4.69, 9.17) is 4.98 Å². The highest BCUT2D eigenvalue weighted by atomic mass is 15.1. The predicted molar refractivity (Wildman–Crippen MR) is 148 cm³/mol. The van der Waals surface area contributed by atoms with Crippen LogP contribution < -0.4 is 5.32 Å². The summed E-state index contributed by atoms with van der Waals surface area (Å²) >= 11 is 0. The number of aromatic nitrogens is 7. The van der Waals surface area contributed by atoms with Crippen LogP contribution in [0.1, 0.15) is 26.2 Å². The van der Waals surface area contributed by atoms with Crippen molar-refractivity contribution >= 4 is 27.6 Å². The van der Waals surface area contributed by atoms with E-state index in [9.17, 15) is 0 Å². The second-order valence-corrected chi connectivity index (χ2v) is 9.03. The van der Waals surface area contributed by atoms with Gasteiger partial charge < -0.3 is 10.3 Å². The molecule has 6 aromatic heterocycles. The zero-order valence-electron chi connectivity index (χ0n) is 20.5. The summed E-state index contributed by atoms with van der Waals surface area (Å²) in [4.78, 5) is 21.5. The smallest absolute Gasteiger partial charge is 0.135 e. The number of aromatic amines is 2. The monoisotopic (exact) mass is 486 g/mol. The topological polar surface area (TPSA) is 108 Å². The summed E-state index contributed by atoms with van der Waals surface area (Å²) in [5, 5.41) is 12.1. The molecule has 0 bridgehead atoms. The molecule has 6 aromatic rings. The minimum atomic E-state index is 0.750. The van der Waals surface area contributed by atoms with E-state index in [-0.39, 0.29) is 0 Å². The van der Waals surface area contributed by atoms with Gasteiger partial charge in [0.15, 0.2) is 0 Å². The number of hydrogen-bond donors (Lipinski definition) is 3. The van der Waals surface area contributed by atoms with Gasteiger partial charge in [-0.1, -0.05) is 26.0 Å². The van der Waals surface area contributed by atoms with Gasteiger partial charge in [0, 0.05) is 52.6 Å². The minimum Gasteiger partial charge on any atom is -0.358 e. The number of allylic oxidation sites excluding steroid dienone is 1. The molecule has 0 saturated carbocycles. The fourth-order valence-electron chi connectivity index (χ4n) is 4.48. The van der Waals surface area contributed by atoms with Crippen LogP contribution in [-0.2, 0) is 0 Å². The molecular formula is C29H26N8. The largest absolute Gasteiger partial charge is 0.358 e. The summed E-state index contributed by atoms with van der Waals surface area (Å²) in [7, 11) is 0. The standard InChI is InChI=1S/C29H26N8/c1-3-4-6-18(2)33-21-11-20(14-31-15-21)24-8-9-25-28(35-24)29(37-36-25)26-12-22-23(16-32-17-27(22)34-26)19-7-5-10-30-13-19/h5,7-17,33-34H,2-4,6H2,1H3,(H,36,37). The molecule has 0 atom stereocenters. The summed E-state index contributed by atoms with van der Waals surface area (Å²) in [6.45, 7) is 6.31. The van der Waals surface area contributed by atoms with Gasteiger partial charge in [-0.2, -0.15) is 5.10 Å². The first-order chi connectivity index (χ1) is 18.2. The van der Waals surface area contributed by atoms with Gasteiger partial charge in [0.1, 0.15) is 11.2 Å². The van der Waals surface area contributed by atoms with Crippen molar-refractivity contribution < 1.29 is 0 Å². The highest BCUT2D eigenvalue weighted by Crippen LogP contribution is 2.33. The van der Waals surface area contributed by atoms with Gasteiger partial charge >= 0.3 is 0 Å². The Hall–Kier alpha value is -4.85. The number of nitrogens with zero attached hydrogens (tertiary/aromatic N) is 5. The van der Waals surface area contributed by atoms with Crippen molar-refractivity contribution in [1.82, 2.24) is 35.1 Å². The van der Waals surface area contributed by atoms with Crippen LogP contribution in [0.5, 0.6) is 0 Å². The van der Waals surface area contributed by atoms with E-state index < -0.39 is 0 Å². The van der Waals surface area contributed by atoms with Crippen LogP contribution >= 0.6 is 0 Å². The molecular weight excluding hydrogens is 460 g/mol. The summed E-state index contributed by atoms with van der Waals surface area (Å²) in [5.41, 5.74) is 9.83. The zero-order chi connectivity index (χ0) is 25.2. The first-order valence-corrected chi connectivity index (χ1v) is 12.3. The van der Waals surface area contributed by atoms with Gasteiger partial charge in [-0.3, -0.25) is 20.1 Å². The van der Waals surface area contributed by atoms with E-state index in [0.717, 1.165) is 86.4 Å². The van der Waals surface area contributed by atoms with Gasteiger partial charge in [-0.25, -0.2) is 4.98 Å². The minimum absolute atomic E-state index is 0.750. The lowest BCUT2D eigenvalue weighted by Crippen LogP contribution is -1.99. The Labute approximate surface area is 214 Å². The Morgan fingerprint density at radius 3 is 2.70 bits per heavy atom. The van der Waals surface area contributed by atoms with Gasteiger partial charge in [-0.05, 0) is 43.2 Å². The van der Waals surface area contributed by atoms with Gasteiger partial charge in [-0.15, -0.1) is 0 Å². The molecule has 0 spiro atoms. The molecule has 0 radical (unpaired) electrons. The van der Waals surface area contributed by atoms with Crippen molar-refractivity contribution in [1.29, 1.82) is 0 Å². The molecule has 0 fully saturated rings. The van der Waals surface area contributed by atoms with Gasteiger partial charge in [0.25, 0.3) is 0 Å².